The van der Waals surface area contributed by atoms with Crippen LogP contribution >= 0.6 is 0 Å². The van der Waals surface area contributed by atoms with Crippen molar-refractivity contribution in [1.29, 1.82) is 0 Å². The van der Waals surface area contributed by atoms with Crippen molar-refractivity contribution >= 4 is 11.3 Å². The number of aromatic nitrogens is 3. The van der Waals surface area contributed by atoms with Gasteiger partial charge >= 0.3 is 0 Å². The largest absolute Gasteiger partial charge is 0.496 e. The molecule has 3 aromatic rings. The maximum Gasteiger partial charge on any atom is 0.204 e. The molecule has 3 rings (SSSR count). The molecular weight excluding hydrogens is 270 g/mol. The summed E-state index contributed by atoms with van der Waals surface area (Å²) in [5, 5.41) is 4.15. The first-order chi connectivity index (χ1) is 10.3. The Morgan fingerprint density at radius 3 is 2.52 bits per heavy atom. The van der Waals surface area contributed by atoms with Gasteiger partial charge in [-0.15, -0.1) is 0 Å². The van der Waals surface area contributed by atoms with Gasteiger partial charge in [-0.05, 0) is 12.1 Å². The summed E-state index contributed by atoms with van der Waals surface area (Å²) in [4.78, 5) is 16.9. The normalized spacial score (nSPS) is 10.6. The van der Waals surface area contributed by atoms with Gasteiger partial charge in [0.15, 0.2) is 0 Å². The molecule has 2 heterocycles. The Morgan fingerprint density at radius 1 is 1.14 bits per heavy atom. The molecule has 0 unspecified atom stereocenters. The Kier molecular flexibility index (Phi) is 3.27. The van der Waals surface area contributed by atoms with Crippen molar-refractivity contribution in [2.45, 2.75) is 0 Å². The van der Waals surface area contributed by atoms with E-state index in [1.54, 1.807) is 41.3 Å². The summed E-state index contributed by atoms with van der Waals surface area (Å²) in [5.41, 5.74) is 1.46. The van der Waals surface area contributed by atoms with Gasteiger partial charge in [0, 0.05) is 12.4 Å². The van der Waals surface area contributed by atoms with Crippen LogP contribution in [0.15, 0.2) is 43.0 Å². The summed E-state index contributed by atoms with van der Waals surface area (Å²) in [6.45, 7) is 0. The van der Waals surface area contributed by atoms with Crippen LogP contribution in [-0.2, 0) is 0 Å². The summed E-state index contributed by atoms with van der Waals surface area (Å²) in [7, 11) is 3.03. The van der Waals surface area contributed by atoms with Gasteiger partial charge in [-0.25, -0.2) is 4.52 Å². The number of carbonyl (C=O) groups is 1. The number of methoxy groups -OCH3 is 2. The van der Waals surface area contributed by atoms with E-state index < -0.39 is 0 Å². The van der Waals surface area contributed by atoms with Crippen LogP contribution in [0.1, 0.15) is 15.9 Å². The minimum atomic E-state index is -0.215. The minimum absolute atomic E-state index is 0.215. The van der Waals surface area contributed by atoms with Crippen LogP contribution in [0.5, 0.6) is 11.5 Å². The zero-order valence-electron chi connectivity index (χ0n) is 11.6. The molecule has 0 aliphatic heterocycles. The second kappa shape index (κ2) is 5.24. The fourth-order valence-electron chi connectivity index (χ4n) is 2.22. The number of hydrogen-bond donors (Lipinski definition) is 0. The smallest absolute Gasteiger partial charge is 0.204 e. The molecule has 0 amide bonds. The number of ketones is 1. The summed E-state index contributed by atoms with van der Waals surface area (Å²) in [5.74, 6) is 0.706. The molecule has 0 radical (unpaired) electrons. The molecule has 106 valence electrons. The third kappa shape index (κ3) is 2.10. The third-order valence-electron chi connectivity index (χ3n) is 3.22. The summed E-state index contributed by atoms with van der Waals surface area (Å²) >= 11 is 0. The number of benzene rings is 1. The highest BCUT2D eigenvalue weighted by Gasteiger charge is 2.22. The molecule has 0 fully saturated rings. The van der Waals surface area contributed by atoms with E-state index in [0.29, 0.717) is 28.1 Å². The summed E-state index contributed by atoms with van der Waals surface area (Å²) in [6, 6.07) is 5.21. The maximum absolute atomic E-state index is 12.8. The Labute approximate surface area is 120 Å². The predicted molar refractivity (Wildman–Crippen MR) is 76.0 cm³/mol. The molecular formula is C15H13N3O3. The predicted octanol–water partition coefficient (Wildman–Crippen LogP) is 1.98. The molecule has 0 atom stereocenters. The second-order valence-corrected chi connectivity index (χ2v) is 4.33. The lowest BCUT2D eigenvalue weighted by atomic mass is 10.0. The zero-order valence-corrected chi connectivity index (χ0v) is 11.6. The first kappa shape index (κ1) is 13.1. The molecule has 0 aliphatic carbocycles. The van der Waals surface area contributed by atoms with Gasteiger partial charge in [0.1, 0.15) is 17.1 Å². The van der Waals surface area contributed by atoms with E-state index in [1.807, 2.05) is 0 Å². The molecule has 0 N–H and O–H groups in total. The second-order valence-electron chi connectivity index (χ2n) is 4.33. The van der Waals surface area contributed by atoms with Gasteiger partial charge < -0.3 is 9.47 Å². The number of carbonyl (C=O) groups excluding carboxylic acids is 1. The molecule has 1 aromatic carbocycles. The highest BCUT2D eigenvalue weighted by molar-refractivity contribution is 6.15. The lowest BCUT2D eigenvalue weighted by Gasteiger charge is -2.11. The third-order valence-corrected chi connectivity index (χ3v) is 3.22. The number of fused-ring (bicyclic) bond motifs is 1. The first-order valence-corrected chi connectivity index (χ1v) is 6.29. The average molecular weight is 283 g/mol. The van der Waals surface area contributed by atoms with Gasteiger partial charge in [0.2, 0.25) is 5.78 Å². The molecule has 2 aromatic heterocycles. The van der Waals surface area contributed by atoms with Crippen LogP contribution in [0.25, 0.3) is 5.52 Å². The van der Waals surface area contributed by atoms with Crippen LogP contribution < -0.4 is 9.47 Å². The van der Waals surface area contributed by atoms with E-state index in [2.05, 4.69) is 10.1 Å². The highest BCUT2D eigenvalue weighted by atomic mass is 16.5. The molecule has 0 aliphatic rings. The van der Waals surface area contributed by atoms with Crippen LogP contribution in [0.3, 0.4) is 0 Å². The van der Waals surface area contributed by atoms with Crippen molar-refractivity contribution in [2.24, 2.45) is 0 Å². The van der Waals surface area contributed by atoms with Crippen LogP contribution in [0.4, 0.5) is 0 Å². The van der Waals surface area contributed by atoms with E-state index in [9.17, 15) is 4.79 Å². The van der Waals surface area contributed by atoms with E-state index in [1.165, 1.54) is 20.4 Å². The Bertz CT molecular complexity index is 789. The van der Waals surface area contributed by atoms with Crippen molar-refractivity contribution in [2.75, 3.05) is 14.2 Å². The van der Waals surface area contributed by atoms with Crippen molar-refractivity contribution < 1.29 is 14.3 Å². The Balaban J connectivity index is 2.19. The molecule has 0 spiro atoms. The zero-order chi connectivity index (χ0) is 14.8. The van der Waals surface area contributed by atoms with Crippen molar-refractivity contribution in [1.82, 2.24) is 14.6 Å². The van der Waals surface area contributed by atoms with Gasteiger partial charge in [0.25, 0.3) is 0 Å². The van der Waals surface area contributed by atoms with Crippen molar-refractivity contribution in [3.63, 3.8) is 0 Å². The quantitative estimate of drug-likeness (QED) is 0.685. The maximum atomic E-state index is 12.8. The van der Waals surface area contributed by atoms with Gasteiger partial charge in [0.05, 0.1) is 37.7 Å². The van der Waals surface area contributed by atoms with E-state index in [0.717, 1.165) is 0 Å². The Morgan fingerprint density at radius 2 is 1.86 bits per heavy atom. The molecule has 21 heavy (non-hydrogen) atoms. The molecule has 0 saturated heterocycles. The first-order valence-electron chi connectivity index (χ1n) is 6.29. The molecule has 0 bridgehead atoms. The van der Waals surface area contributed by atoms with Gasteiger partial charge in [-0.3, -0.25) is 9.78 Å². The molecule has 6 nitrogen and oxygen atoms in total. The van der Waals surface area contributed by atoms with Gasteiger partial charge in [-0.2, -0.15) is 5.10 Å². The minimum Gasteiger partial charge on any atom is -0.496 e. The fraction of sp³-hybridized carbons (Fsp3) is 0.133. The fourth-order valence-corrected chi connectivity index (χ4v) is 2.22. The monoisotopic (exact) mass is 283 g/mol. The van der Waals surface area contributed by atoms with E-state index in [4.69, 9.17) is 9.47 Å². The number of hydrogen-bond acceptors (Lipinski definition) is 5. The average Bonchev–Trinajstić information content (AvgIpc) is 2.97. The topological polar surface area (TPSA) is 65.7 Å². The summed E-state index contributed by atoms with van der Waals surface area (Å²) < 4.78 is 12.2. The van der Waals surface area contributed by atoms with Crippen LogP contribution in [0, 0.1) is 0 Å². The lowest BCUT2D eigenvalue weighted by molar-refractivity contribution is 0.103. The SMILES string of the molecule is COc1cccc(OC)c1C(=O)c1cnn2ccncc12. The van der Waals surface area contributed by atoms with Crippen LogP contribution in [0.2, 0.25) is 0 Å². The number of rotatable bonds is 4. The van der Waals surface area contributed by atoms with Crippen molar-refractivity contribution in [3.05, 3.63) is 54.1 Å². The van der Waals surface area contributed by atoms with E-state index in [-0.39, 0.29) is 5.78 Å². The highest BCUT2D eigenvalue weighted by Crippen LogP contribution is 2.31. The van der Waals surface area contributed by atoms with Gasteiger partial charge in [-0.1, -0.05) is 6.07 Å². The van der Waals surface area contributed by atoms with Crippen LogP contribution in [-0.4, -0.2) is 34.6 Å². The number of ether oxygens (including phenoxy) is 2. The van der Waals surface area contributed by atoms with Crippen molar-refractivity contribution in [3.8, 4) is 11.5 Å². The van der Waals surface area contributed by atoms with E-state index >= 15 is 0 Å². The molecule has 0 saturated carbocycles. The summed E-state index contributed by atoms with van der Waals surface area (Å²) in [6.07, 6.45) is 6.41. The standard InChI is InChI=1S/C15H13N3O3/c1-20-12-4-3-5-13(21-2)14(12)15(19)10-8-17-18-7-6-16-9-11(10)18/h3-9H,1-2H3. The molecule has 6 heteroatoms. The Hall–Kier alpha value is -2.89. The number of nitrogens with zero attached hydrogens (tertiary/aromatic N) is 3. The lowest BCUT2D eigenvalue weighted by Crippen LogP contribution is -2.06.